The minimum absolute atomic E-state index is 0.00526. The Morgan fingerprint density at radius 2 is 2.27 bits per heavy atom. The highest BCUT2D eigenvalue weighted by Crippen LogP contribution is 2.22. The van der Waals surface area contributed by atoms with E-state index in [0.717, 1.165) is 6.42 Å². The molecule has 1 aromatic rings. The van der Waals surface area contributed by atoms with Crippen LogP contribution >= 0.6 is 15.9 Å². The third-order valence-electron chi connectivity index (χ3n) is 2.07. The number of likely N-dealkylation sites (N-methyl/N-ethyl adjacent to an activating group) is 1. The zero-order chi connectivity index (χ0) is 11.3. The van der Waals surface area contributed by atoms with Crippen molar-refractivity contribution in [3.8, 4) is 5.75 Å². The summed E-state index contributed by atoms with van der Waals surface area (Å²) in [5.74, 6) is -0.0285. The highest BCUT2D eigenvalue weighted by atomic mass is 79.9. The van der Waals surface area contributed by atoms with Gasteiger partial charge in [0.25, 0.3) is 0 Å². The van der Waals surface area contributed by atoms with Gasteiger partial charge in [-0.3, -0.25) is 0 Å². The molecule has 1 rings (SSSR count). The van der Waals surface area contributed by atoms with E-state index in [2.05, 4.69) is 21.2 Å². The monoisotopic (exact) mass is 275 g/mol. The first-order valence-corrected chi connectivity index (χ1v) is 5.73. The van der Waals surface area contributed by atoms with Gasteiger partial charge < -0.3 is 10.1 Å². The van der Waals surface area contributed by atoms with Gasteiger partial charge in [-0.1, -0.05) is 22.9 Å². The van der Waals surface area contributed by atoms with Crippen molar-refractivity contribution in [1.82, 2.24) is 5.32 Å². The van der Waals surface area contributed by atoms with Crippen molar-refractivity contribution < 1.29 is 9.13 Å². The first-order chi connectivity index (χ1) is 7.17. The fraction of sp³-hybridized carbons (Fsp3) is 0.455. The van der Waals surface area contributed by atoms with Gasteiger partial charge in [-0.05, 0) is 31.7 Å². The topological polar surface area (TPSA) is 21.3 Å². The molecule has 0 aliphatic heterocycles. The Morgan fingerprint density at radius 1 is 1.53 bits per heavy atom. The molecule has 84 valence electrons. The van der Waals surface area contributed by atoms with E-state index in [1.54, 1.807) is 12.1 Å². The molecule has 0 aliphatic rings. The lowest BCUT2D eigenvalue weighted by atomic mass is 10.2. The molecule has 0 radical (unpaired) electrons. The minimum atomic E-state index is -0.334. The predicted octanol–water partition coefficient (Wildman–Crippen LogP) is 2.97. The molecule has 0 heterocycles. The SMILES string of the molecule is CCC(CNC)Oc1ccc(Br)cc1F. The van der Waals surface area contributed by atoms with Crippen LogP contribution in [0.2, 0.25) is 0 Å². The Balaban J connectivity index is 2.70. The molecular formula is C11H15BrFNO. The molecule has 15 heavy (non-hydrogen) atoms. The predicted molar refractivity (Wildman–Crippen MR) is 62.7 cm³/mol. The minimum Gasteiger partial charge on any atom is -0.486 e. The van der Waals surface area contributed by atoms with Crippen LogP contribution in [0.5, 0.6) is 5.75 Å². The van der Waals surface area contributed by atoms with Crippen LogP contribution in [-0.2, 0) is 0 Å². The second-order valence-electron chi connectivity index (χ2n) is 3.28. The maximum absolute atomic E-state index is 13.4. The molecule has 1 atom stereocenters. The van der Waals surface area contributed by atoms with Crippen molar-refractivity contribution in [2.24, 2.45) is 0 Å². The van der Waals surface area contributed by atoms with Crippen molar-refractivity contribution in [3.63, 3.8) is 0 Å². The molecule has 0 amide bonds. The molecule has 0 fully saturated rings. The summed E-state index contributed by atoms with van der Waals surface area (Å²) >= 11 is 3.20. The van der Waals surface area contributed by atoms with Crippen molar-refractivity contribution in [1.29, 1.82) is 0 Å². The van der Waals surface area contributed by atoms with E-state index in [1.807, 2.05) is 14.0 Å². The van der Waals surface area contributed by atoms with E-state index in [1.165, 1.54) is 6.07 Å². The van der Waals surface area contributed by atoms with Crippen LogP contribution in [0.25, 0.3) is 0 Å². The van der Waals surface area contributed by atoms with Crippen molar-refractivity contribution in [2.45, 2.75) is 19.4 Å². The van der Waals surface area contributed by atoms with E-state index in [-0.39, 0.29) is 11.9 Å². The highest BCUT2D eigenvalue weighted by molar-refractivity contribution is 9.10. The van der Waals surface area contributed by atoms with Crippen LogP contribution in [0, 0.1) is 5.82 Å². The molecule has 1 aromatic carbocycles. The van der Waals surface area contributed by atoms with E-state index in [0.29, 0.717) is 16.8 Å². The lowest BCUT2D eigenvalue weighted by molar-refractivity contribution is 0.188. The Bertz CT molecular complexity index is 319. The van der Waals surface area contributed by atoms with E-state index < -0.39 is 0 Å². The Kier molecular flexibility index (Phi) is 5.05. The smallest absolute Gasteiger partial charge is 0.166 e. The van der Waals surface area contributed by atoms with E-state index >= 15 is 0 Å². The van der Waals surface area contributed by atoms with Gasteiger partial charge in [0.1, 0.15) is 6.10 Å². The molecule has 0 bridgehead atoms. The maximum Gasteiger partial charge on any atom is 0.166 e. The third-order valence-corrected chi connectivity index (χ3v) is 2.57. The van der Waals surface area contributed by atoms with Gasteiger partial charge in [0, 0.05) is 11.0 Å². The second kappa shape index (κ2) is 6.08. The van der Waals surface area contributed by atoms with E-state index in [4.69, 9.17) is 4.74 Å². The number of rotatable bonds is 5. The summed E-state index contributed by atoms with van der Waals surface area (Å²) in [5, 5.41) is 3.01. The van der Waals surface area contributed by atoms with Crippen molar-refractivity contribution >= 4 is 15.9 Å². The van der Waals surface area contributed by atoms with Crippen molar-refractivity contribution in [3.05, 3.63) is 28.5 Å². The average Bonchev–Trinajstić information content (AvgIpc) is 2.21. The summed E-state index contributed by atoms with van der Waals surface area (Å²) in [6.07, 6.45) is 0.849. The fourth-order valence-corrected chi connectivity index (χ4v) is 1.58. The molecule has 4 heteroatoms. The summed E-state index contributed by atoms with van der Waals surface area (Å²) in [5.41, 5.74) is 0. The molecule has 2 nitrogen and oxygen atoms in total. The molecule has 0 saturated carbocycles. The zero-order valence-corrected chi connectivity index (χ0v) is 10.5. The Labute approximate surface area is 98.0 Å². The zero-order valence-electron chi connectivity index (χ0n) is 8.89. The van der Waals surface area contributed by atoms with Gasteiger partial charge in [0.2, 0.25) is 0 Å². The molecule has 0 saturated heterocycles. The molecule has 0 aromatic heterocycles. The summed E-state index contributed by atoms with van der Waals surface area (Å²) in [4.78, 5) is 0. The standard InChI is InChI=1S/C11H15BrFNO/c1-3-9(7-14-2)15-11-5-4-8(12)6-10(11)13/h4-6,9,14H,3,7H2,1-2H3. The average molecular weight is 276 g/mol. The number of halogens is 2. The van der Waals surface area contributed by atoms with Gasteiger partial charge in [0.05, 0.1) is 0 Å². The number of hydrogen-bond acceptors (Lipinski definition) is 2. The Morgan fingerprint density at radius 3 is 2.80 bits per heavy atom. The second-order valence-corrected chi connectivity index (χ2v) is 4.20. The van der Waals surface area contributed by atoms with Crippen LogP contribution in [0.1, 0.15) is 13.3 Å². The van der Waals surface area contributed by atoms with Gasteiger partial charge in [-0.25, -0.2) is 4.39 Å². The third kappa shape index (κ3) is 3.80. The molecule has 1 N–H and O–H groups in total. The molecule has 1 unspecified atom stereocenters. The molecular weight excluding hydrogens is 261 g/mol. The van der Waals surface area contributed by atoms with E-state index in [9.17, 15) is 4.39 Å². The summed E-state index contributed by atoms with van der Waals surface area (Å²) < 4.78 is 19.7. The van der Waals surface area contributed by atoms with Crippen molar-refractivity contribution in [2.75, 3.05) is 13.6 Å². The summed E-state index contributed by atoms with van der Waals surface area (Å²) in [7, 11) is 1.85. The normalized spacial score (nSPS) is 12.5. The van der Waals surface area contributed by atoms with Crippen LogP contribution in [0.4, 0.5) is 4.39 Å². The number of hydrogen-bond donors (Lipinski definition) is 1. The largest absolute Gasteiger partial charge is 0.486 e. The Hall–Kier alpha value is -0.610. The van der Waals surface area contributed by atoms with Gasteiger partial charge >= 0.3 is 0 Å². The molecule has 0 aliphatic carbocycles. The molecule has 0 spiro atoms. The fourth-order valence-electron chi connectivity index (χ4n) is 1.25. The lowest BCUT2D eigenvalue weighted by Crippen LogP contribution is -2.28. The number of benzene rings is 1. The highest BCUT2D eigenvalue weighted by Gasteiger charge is 2.10. The van der Waals surface area contributed by atoms with Crippen LogP contribution in [0.3, 0.4) is 0 Å². The van der Waals surface area contributed by atoms with Gasteiger partial charge in [-0.2, -0.15) is 0 Å². The van der Waals surface area contributed by atoms with Gasteiger partial charge in [-0.15, -0.1) is 0 Å². The summed E-state index contributed by atoms with van der Waals surface area (Å²) in [6, 6.07) is 4.81. The van der Waals surface area contributed by atoms with Crippen LogP contribution < -0.4 is 10.1 Å². The first-order valence-electron chi connectivity index (χ1n) is 4.93. The first kappa shape index (κ1) is 12.5. The lowest BCUT2D eigenvalue weighted by Gasteiger charge is -2.17. The quantitative estimate of drug-likeness (QED) is 0.892. The number of nitrogens with one attached hydrogen (secondary N) is 1. The number of ether oxygens (including phenoxy) is 1. The van der Waals surface area contributed by atoms with Gasteiger partial charge in [0.15, 0.2) is 11.6 Å². The van der Waals surface area contributed by atoms with Crippen LogP contribution in [-0.4, -0.2) is 19.7 Å². The van der Waals surface area contributed by atoms with Crippen LogP contribution in [0.15, 0.2) is 22.7 Å². The maximum atomic E-state index is 13.4. The summed E-state index contributed by atoms with van der Waals surface area (Å²) in [6.45, 7) is 2.73.